The predicted octanol–water partition coefficient (Wildman–Crippen LogP) is 4.22. The van der Waals surface area contributed by atoms with Gasteiger partial charge in [0, 0.05) is 29.0 Å². The zero-order valence-electron chi connectivity index (χ0n) is 13.3. The normalized spacial score (nSPS) is 24.5. The molecule has 0 spiro atoms. The Kier molecular flexibility index (Phi) is 4.87. The highest BCUT2D eigenvalue weighted by Gasteiger charge is 2.36. The van der Waals surface area contributed by atoms with Gasteiger partial charge in [0.1, 0.15) is 10.6 Å². The minimum Gasteiger partial charge on any atom is -0.384 e. The van der Waals surface area contributed by atoms with Crippen LogP contribution in [0.15, 0.2) is 29.9 Å². The van der Waals surface area contributed by atoms with E-state index in [2.05, 4.69) is 9.97 Å². The Bertz CT molecular complexity index is 643. The van der Waals surface area contributed by atoms with Crippen LogP contribution in [0.1, 0.15) is 44.7 Å². The van der Waals surface area contributed by atoms with Gasteiger partial charge < -0.3 is 10.5 Å². The summed E-state index contributed by atoms with van der Waals surface area (Å²) < 4.78 is 0. The van der Waals surface area contributed by atoms with Crippen LogP contribution >= 0.6 is 11.3 Å². The molecule has 0 saturated heterocycles. The molecule has 23 heavy (non-hydrogen) atoms. The van der Waals surface area contributed by atoms with Gasteiger partial charge in [-0.2, -0.15) is 0 Å². The van der Waals surface area contributed by atoms with E-state index in [1.165, 1.54) is 0 Å². The molecule has 2 aromatic rings. The number of hydrogen-bond acceptors (Lipinski definition) is 5. The van der Waals surface area contributed by atoms with Crippen molar-refractivity contribution in [3.63, 3.8) is 0 Å². The highest BCUT2D eigenvalue weighted by atomic mass is 32.1. The highest BCUT2D eigenvalue weighted by molar-refractivity contribution is 7.13. The van der Waals surface area contributed by atoms with E-state index in [0.717, 1.165) is 41.2 Å². The Labute approximate surface area is 141 Å². The maximum absolute atomic E-state index is 10.9. The quantitative estimate of drug-likeness (QED) is 0.807. The Morgan fingerprint density at radius 1 is 1.39 bits per heavy atom. The Morgan fingerprint density at radius 3 is 2.74 bits per heavy atom. The van der Waals surface area contributed by atoms with Crippen molar-refractivity contribution in [2.45, 2.75) is 44.6 Å². The molecule has 2 N–H and O–H groups in total. The molecule has 3 rings (SSSR count). The van der Waals surface area contributed by atoms with Crippen LogP contribution in [0.4, 0.5) is 0 Å². The number of nitrogens with zero attached hydrogens (tertiary/aromatic N) is 2. The molecule has 5 heteroatoms. The summed E-state index contributed by atoms with van der Waals surface area (Å²) in [5.74, 6) is 0.307. The van der Waals surface area contributed by atoms with Crippen LogP contribution in [0.3, 0.4) is 0 Å². The van der Waals surface area contributed by atoms with E-state index >= 15 is 0 Å². The number of pyridine rings is 1. The molecule has 0 unspecified atom stereocenters. The molecule has 1 aliphatic rings. The third kappa shape index (κ3) is 3.51. The van der Waals surface area contributed by atoms with E-state index in [9.17, 15) is 5.11 Å². The predicted molar refractivity (Wildman–Crippen MR) is 93.5 cm³/mol. The van der Waals surface area contributed by atoms with Gasteiger partial charge in [0.15, 0.2) is 0 Å². The van der Waals surface area contributed by atoms with Crippen LogP contribution in [0, 0.1) is 17.7 Å². The van der Waals surface area contributed by atoms with Gasteiger partial charge in [0.2, 0.25) is 0 Å². The first-order chi connectivity index (χ1) is 11.1. The van der Waals surface area contributed by atoms with Crippen molar-refractivity contribution >= 4 is 17.0 Å². The number of nitrogens with one attached hydrogen (secondary N) is 1. The van der Waals surface area contributed by atoms with E-state index in [1.807, 2.05) is 30.9 Å². The minimum atomic E-state index is -0.853. The summed E-state index contributed by atoms with van der Waals surface area (Å²) in [6.07, 6.45) is 9.43. The van der Waals surface area contributed by atoms with Gasteiger partial charge in [-0.05, 0) is 56.6 Å². The van der Waals surface area contributed by atoms with Crippen LogP contribution in [-0.2, 0) is 5.60 Å². The van der Waals surface area contributed by atoms with Crippen molar-refractivity contribution in [2.75, 3.05) is 0 Å². The molecule has 2 aromatic heterocycles. The van der Waals surface area contributed by atoms with Gasteiger partial charge in [-0.25, -0.2) is 4.98 Å². The lowest BCUT2D eigenvalue weighted by Gasteiger charge is -2.35. The molecule has 0 aliphatic heterocycles. The number of rotatable bonds is 5. The summed E-state index contributed by atoms with van der Waals surface area (Å²) in [6.45, 7) is 1.99. The standard InChI is InChI=1S/C18H22N3OS/c1-2-3-15(19)13-6-8-18(22,9-7-13)16-5-4-14(12-21-16)17-20-10-11-23-17/h2,4-5,10-13,19,22H,3,6-9H2,1H3. The Balaban J connectivity index is 1.68. The molecule has 121 valence electrons. The van der Waals surface area contributed by atoms with Crippen LogP contribution < -0.4 is 0 Å². The summed E-state index contributed by atoms with van der Waals surface area (Å²) in [7, 11) is 0. The number of hydrogen-bond donors (Lipinski definition) is 2. The van der Waals surface area contributed by atoms with Crippen molar-refractivity contribution in [1.82, 2.24) is 9.97 Å². The van der Waals surface area contributed by atoms with Crippen molar-refractivity contribution < 1.29 is 5.11 Å². The highest BCUT2D eigenvalue weighted by Crippen LogP contribution is 2.39. The second-order valence-electron chi connectivity index (χ2n) is 6.21. The van der Waals surface area contributed by atoms with E-state index in [4.69, 9.17) is 5.41 Å². The first kappa shape index (κ1) is 16.3. The number of thiazole rings is 1. The van der Waals surface area contributed by atoms with E-state index in [0.29, 0.717) is 18.8 Å². The maximum Gasteiger partial charge on any atom is 0.124 e. The first-order valence-corrected chi connectivity index (χ1v) is 8.94. The van der Waals surface area contributed by atoms with Crippen LogP contribution in [0.2, 0.25) is 0 Å². The van der Waals surface area contributed by atoms with E-state index in [-0.39, 0.29) is 0 Å². The zero-order chi connectivity index (χ0) is 16.3. The van der Waals surface area contributed by atoms with Gasteiger partial charge >= 0.3 is 0 Å². The lowest BCUT2D eigenvalue weighted by molar-refractivity contribution is -0.0110. The van der Waals surface area contributed by atoms with E-state index in [1.54, 1.807) is 23.7 Å². The molecule has 1 fully saturated rings. The Hall–Kier alpha value is -1.59. The number of aliphatic hydroxyl groups is 1. The molecule has 1 radical (unpaired) electrons. The summed E-state index contributed by atoms with van der Waals surface area (Å²) in [6, 6.07) is 3.90. The molecule has 1 aliphatic carbocycles. The SMILES string of the molecule is C[CH]CC(=N)C1CCC(O)(c2ccc(-c3nccs3)cn2)CC1. The molecule has 2 heterocycles. The smallest absolute Gasteiger partial charge is 0.124 e. The lowest BCUT2D eigenvalue weighted by Crippen LogP contribution is -2.34. The largest absolute Gasteiger partial charge is 0.384 e. The van der Waals surface area contributed by atoms with Gasteiger partial charge in [0.05, 0.1) is 5.69 Å². The molecule has 1 saturated carbocycles. The molecular formula is C18H22N3OS. The zero-order valence-corrected chi connectivity index (χ0v) is 14.1. The maximum atomic E-state index is 10.9. The minimum absolute atomic E-state index is 0.307. The van der Waals surface area contributed by atoms with Crippen LogP contribution in [-0.4, -0.2) is 20.8 Å². The molecule has 0 atom stereocenters. The van der Waals surface area contributed by atoms with Crippen LogP contribution in [0.5, 0.6) is 0 Å². The van der Waals surface area contributed by atoms with Gasteiger partial charge in [-0.3, -0.25) is 4.98 Å². The summed E-state index contributed by atoms with van der Waals surface area (Å²) in [4.78, 5) is 8.78. The van der Waals surface area contributed by atoms with Gasteiger partial charge in [-0.15, -0.1) is 11.3 Å². The van der Waals surface area contributed by atoms with Crippen molar-refractivity contribution in [3.05, 3.63) is 42.0 Å². The summed E-state index contributed by atoms with van der Waals surface area (Å²) >= 11 is 1.58. The fourth-order valence-electron chi connectivity index (χ4n) is 3.25. The summed E-state index contributed by atoms with van der Waals surface area (Å²) in [5.41, 5.74) is 1.67. The Morgan fingerprint density at radius 2 is 2.17 bits per heavy atom. The first-order valence-electron chi connectivity index (χ1n) is 8.06. The molecule has 4 nitrogen and oxygen atoms in total. The topological polar surface area (TPSA) is 69.9 Å². The third-order valence-corrected chi connectivity index (χ3v) is 5.47. The average Bonchev–Trinajstić information content (AvgIpc) is 3.10. The van der Waals surface area contributed by atoms with Gasteiger partial charge in [-0.1, -0.05) is 6.92 Å². The second kappa shape index (κ2) is 6.89. The molecule has 0 amide bonds. The van der Waals surface area contributed by atoms with Crippen LogP contribution in [0.25, 0.3) is 10.6 Å². The van der Waals surface area contributed by atoms with Crippen molar-refractivity contribution in [1.29, 1.82) is 5.41 Å². The van der Waals surface area contributed by atoms with E-state index < -0.39 is 5.60 Å². The molecular weight excluding hydrogens is 306 g/mol. The monoisotopic (exact) mass is 328 g/mol. The fourth-order valence-corrected chi connectivity index (χ4v) is 3.88. The van der Waals surface area contributed by atoms with Crippen molar-refractivity contribution in [2.24, 2.45) is 5.92 Å². The number of aromatic nitrogens is 2. The molecule has 0 aromatic carbocycles. The fraction of sp³-hybridized carbons (Fsp3) is 0.444. The van der Waals surface area contributed by atoms with Gasteiger partial charge in [0.25, 0.3) is 0 Å². The average molecular weight is 328 g/mol. The lowest BCUT2D eigenvalue weighted by atomic mass is 9.74. The summed E-state index contributed by atoms with van der Waals surface area (Å²) in [5, 5.41) is 21.9. The van der Waals surface area contributed by atoms with Crippen molar-refractivity contribution in [3.8, 4) is 10.6 Å². The molecule has 0 bridgehead atoms. The second-order valence-corrected chi connectivity index (χ2v) is 7.11. The third-order valence-electron chi connectivity index (χ3n) is 4.65.